The smallest absolute Gasteiger partial charge is 0.0932 e. The van der Waals surface area contributed by atoms with Crippen LogP contribution < -0.4 is 0 Å². The van der Waals surface area contributed by atoms with Crippen molar-refractivity contribution in [2.45, 2.75) is 18.8 Å². The molecule has 14 heavy (non-hydrogen) atoms. The Kier molecular flexibility index (Phi) is 1.59. The van der Waals surface area contributed by atoms with E-state index in [4.69, 9.17) is 0 Å². The van der Waals surface area contributed by atoms with Gasteiger partial charge < -0.3 is 0 Å². The van der Waals surface area contributed by atoms with Gasteiger partial charge in [0.15, 0.2) is 0 Å². The summed E-state index contributed by atoms with van der Waals surface area (Å²) in [5.74, 6) is 0.387. The Hall–Kier alpha value is -1.71. The van der Waals surface area contributed by atoms with Crippen LogP contribution in [-0.4, -0.2) is 20.4 Å². The third-order valence-corrected chi connectivity index (χ3v) is 2.74. The minimum Gasteiger partial charge on any atom is -0.264 e. The van der Waals surface area contributed by atoms with Gasteiger partial charge in [-0.1, -0.05) is 6.07 Å². The van der Waals surface area contributed by atoms with Gasteiger partial charge in [0.05, 0.1) is 11.4 Å². The number of rotatable bonds is 1. The number of aryl methyl sites for hydroxylation is 1. The summed E-state index contributed by atoms with van der Waals surface area (Å²) in [4.78, 5) is 4.13. The highest BCUT2D eigenvalue weighted by atomic mass is 15.3. The van der Waals surface area contributed by atoms with Gasteiger partial charge >= 0.3 is 0 Å². The molecule has 4 heteroatoms. The van der Waals surface area contributed by atoms with Crippen molar-refractivity contribution in [3.05, 3.63) is 41.5 Å². The Morgan fingerprint density at radius 2 is 2.36 bits per heavy atom. The van der Waals surface area contributed by atoms with Crippen molar-refractivity contribution in [1.82, 2.24) is 20.4 Å². The highest BCUT2D eigenvalue weighted by molar-refractivity contribution is 5.32. The van der Waals surface area contributed by atoms with Gasteiger partial charge in [0, 0.05) is 18.3 Å². The molecule has 70 valence electrons. The van der Waals surface area contributed by atoms with Crippen LogP contribution in [0.15, 0.2) is 24.5 Å². The molecule has 2 aromatic heterocycles. The van der Waals surface area contributed by atoms with E-state index in [1.807, 2.05) is 12.3 Å². The molecule has 2 aromatic rings. The summed E-state index contributed by atoms with van der Waals surface area (Å²) in [6.07, 6.45) is 5.83. The Bertz CT molecular complexity index is 434. The Labute approximate surface area is 81.4 Å². The number of aromatic amines is 1. The second kappa shape index (κ2) is 2.90. The fourth-order valence-corrected chi connectivity index (χ4v) is 2.05. The summed E-state index contributed by atoms with van der Waals surface area (Å²) >= 11 is 0. The van der Waals surface area contributed by atoms with Crippen molar-refractivity contribution in [2.75, 3.05) is 0 Å². The van der Waals surface area contributed by atoms with Crippen molar-refractivity contribution in [1.29, 1.82) is 0 Å². The zero-order valence-electron chi connectivity index (χ0n) is 7.64. The van der Waals surface area contributed by atoms with E-state index in [-0.39, 0.29) is 0 Å². The lowest BCUT2D eigenvalue weighted by Crippen LogP contribution is -1.97. The van der Waals surface area contributed by atoms with E-state index in [0.717, 1.165) is 24.2 Å². The maximum atomic E-state index is 4.19. The first-order valence-corrected chi connectivity index (χ1v) is 4.74. The molecule has 1 atom stereocenters. The van der Waals surface area contributed by atoms with Crippen LogP contribution in [0.3, 0.4) is 0 Å². The zero-order valence-corrected chi connectivity index (χ0v) is 7.64. The second-order valence-corrected chi connectivity index (χ2v) is 3.53. The molecule has 3 rings (SSSR count). The Morgan fingerprint density at radius 3 is 3.21 bits per heavy atom. The minimum atomic E-state index is 0.387. The van der Waals surface area contributed by atoms with Crippen molar-refractivity contribution in [2.24, 2.45) is 0 Å². The lowest BCUT2D eigenvalue weighted by atomic mass is 9.99. The molecule has 4 nitrogen and oxygen atoms in total. The number of hydrogen-bond acceptors (Lipinski definition) is 3. The van der Waals surface area contributed by atoms with Crippen LogP contribution in [0.1, 0.15) is 29.3 Å². The standard InChI is InChI=1S/C10H10N4/c1-2-7(6-11-5-1)8-3-4-9-10(8)13-14-12-9/h1-2,5-6,8H,3-4H2,(H,12,13,14). The topological polar surface area (TPSA) is 54.5 Å². The van der Waals surface area contributed by atoms with Gasteiger partial charge in [-0.25, -0.2) is 0 Å². The van der Waals surface area contributed by atoms with E-state index in [0.29, 0.717) is 5.92 Å². The third kappa shape index (κ3) is 1.04. The van der Waals surface area contributed by atoms with Crippen molar-refractivity contribution in [3.8, 4) is 0 Å². The fraction of sp³-hybridized carbons (Fsp3) is 0.300. The van der Waals surface area contributed by atoms with Crippen molar-refractivity contribution < 1.29 is 0 Å². The largest absolute Gasteiger partial charge is 0.264 e. The van der Waals surface area contributed by atoms with Gasteiger partial charge in [-0.05, 0) is 24.5 Å². The van der Waals surface area contributed by atoms with Crippen LogP contribution in [0.25, 0.3) is 0 Å². The van der Waals surface area contributed by atoms with Gasteiger partial charge in [0.2, 0.25) is 0 Å². The molecule has 1 aliphatic rings. The summed E-state index contributed by atoms with van der Waals surface area (Å²) in [5.41, 5.74) is 3.44. The molecule has 0 amide bonds. The average molecular weight is 186 g/mol. The molecule has 1 N–H and O–H groups in total. The second-order valence-electron chi connectivity index (χ2n) is 3.53. The normalized spacial score (nSPS) is 19.6. The molecule has 0 aliphatic heterocycles. The number of hydrogen-bond donors (Lipinski definition) is 1. The summed E-state index contributed by atoms with van der Waals surface area (Å²) in [5, 5.41) is 11.0. The molecular weight excluding hydrogens is 176 g/mol. The minimum absolute atomic E-state index is 0.387. The highest BCUT2D eigenvalue weighted by Crippen LogP contribution is 2.34. The number of aromatic nitrogens is 4. The number of H-pyrrole nitrogens is 1. The van der Waals surface area contributed by atoms with Gasteiger partial charge in [0.25, 0.3) is 0 Å². The van der Waals surface area contributed by atoms with Gasteiger partial charge in [-0.3, -0.25) is 4.98 Å². The van der Waals surface area contributed by atoms with Crippen LogP contribution in [-0.2, 0) is 6.42 Å². The van der Waals surface area contributed by atoms with E-state index >= 15 is 0 Å². The molecule has 2 heterocycles. The predicted molar refractivity (Wildman–Crippen MR) is 50.8 cm³/mol. The first-order valence-electron chi connectivity index (χ1n) is 4.74. The summed E-state index contributed by atoms with van der Waals surface area (Å²) < 4.78 is 0. The lowest BCUT2D eigenvalue weighted by Gasteiger charge is -2.07. The quantitative estimate of drug-likeness (QED) is 0.729. The van der Waals surface area contributed by atoms with Crippen LogP contribution >= 0.6 is 0 Å². The van der Waals surface area contributed by atoms with Gasteiger partial charge in [-0.15, -0.1) is 0 Å². The molecule has 0 radical (unpaired) electrons. The number of pyridine rings is 1. The number of nitrogens with zero attached hydrogens (tertiary/aromatic N) is 3. The molecule has 0 aromatic carbocycles. The van der Waals surface area contributed by atoms with E-state index in [9.17, 15) is 0 Å². The van der Waals surface area contributed by atoms with E-state index < -0.39 is 0 Å². The molecule has 0 spiro atoms. The molecule has 0 saturated carbocycles. The Balaban J connectivity index is 2.03. The third-order valence-electron chi connectivity index (χ3n) is 2.74. The molecule has 1 unspecified atom stereocenters. The van der Waals surface area contributed by atoms with E-state index in [1.165, 1.54) is 5.56 Å². The molecular formula is C10H10N4. The Morgan fingerprint density at radius 1 is 1.36 bits per heavy atom. The maximum absolute atomic E-state index is 4.19. The maximum Gasteiger partial charge on any atom is 0.0932 e. The fourth-order valence-electron chi connectivity index (χ4n) is 2.05. The first kappa shape index (κ1) is 7.67. The summed E-state index contributed by atoms with van der Waals surface area (Å²) in [6.45, 7) is 0. The first-order chi connectivity index (χ1) is 6.95. The van der Waals surface area contributed by atoms with Crippen LogP contribution in [0, 0.1) is 0 Å². The van der Waals surface area contributed by atoms with E-state index in [2.05, 4.69) is 26.5 Å². The predicted octanol–water partition coefficient (Wildman–Crippen LogP) is 1.28. The molecule has 0 bridgehead atoms. The number of fused-ring (bicyclic) bond motifs is 1. The van der Waals surface area contributed by atoms with Crippen LogP contribution in [0.5, 0.6) is 0 Å². The monoisotopic (exact) mass is 186 g/mol. The highest BCUT2D eigenvalue weighted by Gasteiger charge is 2.27. The average Bonchev–Trinajstić information content (AvgIpc) is 2.79. The van der Waals surface area contributed by atoms with Crippen molar-refractivity contribution >= 4 is 0 Å². The molecule has 1 aliphatic carbocycles. The number of nitrogens with one attached hydrogen (secondary N) is 1. The summed E-state index contributed by atoms with van der Waals surface area (Å²) in [6, 6.07) is 4.06. The summed E-state index contributed by atoms with van der Waals surface area (Å²) in [7, 11) is 0. The molecule has 0 saturated heterocycles. The van der Waals surface area contributed by atoms with Crippen LogP contribution in [0.2, 0.25) is 0 Å². The SMILES string of the molecule is c1cncc(C2CCc3n[nH]nc32)c1. The van der Waals surface area contributed by atoms with E-state index in [1.54, 1.807) is 6.20 Å². The lowest BCUT2D eigenvalue weighted by molar-refractivity contribution is 0.728. The van der Waals surface area contributed by atoms with Gasteiger partial charge in [0.1, 0.15) is 0 Å². The van der Waals surface area contributed by atoms with Crippen LogP contribution in [0.4, 0.5) is 0 Å². The van der Waals surface area contributed by atoms with Crippen molar-refractivity contribution in [3.63, 3.8) is 0 Å². The molecule has 0 fully saturated rings. The van der Waals surface area contributed by atoms with Gasteiger partial charge in [-0.2, -0.15) is 15.4 Å². The zero-order chi connectivity index (χ0) is 9.38.